The van der Waals surface area contributed by atoms with Gasteiger partial charge in [-0.1, -0.05) is 0 Å². The third kappa shape index (κ3) is 6.94. The first kappa shape index (κ1) is 26.8. The minimum Gasteiger partial charge on any atom is -0.488 e. The van der Waals surface area contributed by atoms with Crippen LogP contribution in [0.1, 0.15) is 35.9 Å². The lowest BCUT2D eigenvalue weighted by atomic mass is 10.1. The van der Waals surface area contributed by atoms with Gasteiger partial charge in [0.2, 0.25) is 5.82 Å². The predicted octanol–water partition coefficient (Wildman–Crippen LogP) is 3.99. The lowest BCUT2D eigenvalue weighted by molar-refractivity contribution is -0.123. The minimum atomic E-state index is -4.55. The number of fused-ring (bicyclic) bond motifs is 1. The summed E-state index contributed by atoms with van der Waals surface area (Å²) in [4.78, 5) is 24.4. The molecule has 0 spiro atoms. The summed E-state index contributed by atoms with van der Waals surface area (Å²) >= 11 is 0. The zero-order valence-electron chi connectivity index (χ0n) is 21.1. The number of nitrogens with zero attached hydrogens (tertiary/aromatic N) is 5. The Morgan fingerprint density at radius 1 is 1.08 bits per heavy atom. The summed E-state index contributed by atoms with van der Waals surface area (Å²) in [5.74, 6) is -0.317. The van der Waals surface area contributed by atoms with E-state index in [4.69, 9.17) is 4.74 Å². The van der Waals surface area contributed by atoms with E-state index in [1.165, 1.54) is 0 Å². The molecule has 4 rings (SSSR count). The molecule has 0 bridgehead atoms. The predicted molar refractivity (Wildman–Crippen MR) is 133 cm³/mol. The SMILES string of the molecule is Cc1cc(-c2ccn3nc(Nc4cc(C)nc(C(=O)NCC(F)(F)F)n4)cc3c2)c(OCC(C)(C)O)cn1. The monoisotopic (exact) mass is 529 g/mol. The van der Waals surface area contributed by atoms with E-state index in [9.17, 15) is 23.1 Å². The Kier molecular flexibility index (Phi) is 7.22. The third-order valence-electron chi connectivity index (χ3n) is 5.12. The average Bonchev–Trinajstić information content (AvgIpc) is 3.21. The molecule has 10 nitrogen and oxygen atoms in total. The Morgan fingerprint density at radius 2 is 1.84 bits per heavy atom. The number of pyridine rings is 2. The van der Waals surface area contributed by atoms with Crippen LogP contribution in [0.4, 0.5) is 24.8 Å². The van der Waals surface area contributed by atoms with Gasteiger partial charge in [-0.05, 0) is 51.5 Å². The Hall–Kier alpha value is -4.26. The van der Waals surface area contributed by atoms with Crippen molar-refractivity contribution in [2.24, 2.45) is 0 Å². The first-order chi connectivity index (χ1) is 17.8. The Balaban J connectivity index is 1.58. The van der Waals surface area contributed by atoms with Crippen LogP contribution in [0, 0.1) is 13.8 Å². The topological polar surface area (TPSA) is 127 Å². The van der Waals surface area contributed by atoms with Crippen molar-refractivity contribution in [3.63, 3.8) is 0 Å². The second-order valence-corrected chi connectivity index (χ2v) is 9.38. The van der Waals surface area contributed by atoms with Crippen molar-refractivity contribution in [2.45, 2.75) is 39.5 Å². The molecule has 0 atom stereocenters. The van der Waals surface area contributed by atoms with Gasteiger partial charge in [0.15, 0.2) is 5.82 Å². The number of aromatic nitrogens is 5. The quantitative estimate of drug-likeness (QED) is 0.313. The van der Waals surface area contributed by atoms with Crippen LogP contribution < -0.4 is 15.4 Å². The number of alkyl halides is 3. The van der Waals surface area contributed by atoms with Crippen LogP contribution in [0.2, 0.25) is 0 Å². The molecular formula is C25H26F3N7O3. The number of rotatable bonds is 8. The van der Waals surface area contributed by atoms with E-state index >= 15 is 0 Å². The number of aryl methyl sites for hydroxylation is 2. The number of nitrogens with one attached hydrogen (secondary N) is 2. The fourth-order valence-electron chi connectivity index (χ4n) is 3.49. The van der Waals surface area contributed by atoms with Crippen LogP contribution in [0.5, 0.6) is 5.75 Å². The van der Waals surface area contributed by atoms with Crippen molar-refractivity contribution >= 4 is 23.1 Å². The van der Waals surface area contributed by atoms with E-state index in [1.807, 2.05) is 25.1 Å². The number of halogens is 3. The van der Waals surface area contributed by atoms with Gasteiger partial charge in [0.25, 0.3) is 5.91 Å². The molecule has 0 saturated carbocycles. The molecule has 200 valence electrons. The van der Waals surface area contributed by atoms with Crippen LogP contribution in [0.25, 0.3) is 16.6 Å². The second-order valence-electron chi connectivity index (χ2n) is 9.38. The molecule has 0 aliphatic heterocycles. The number of carbonyl (C=O) groups excluding carboxylic acids is 1. The number of hydrogen-bond donors (Lipinski definition) is 3. The number of amides is 1. The number of carbonyl (C=O) groups is 1. The van der Waals surface area contributed by atoms with E-state index in [1.54, 1.807) is 55.1 Å². The summed E-state index contributed by atoms with van der Waals surface area (Å²) in [5.41, 5.74) is 2.51. The van der Waals surface area contributed by atoms with Crippen LogP contribution in [0.15, 0.2) is 42.7 Å². The summed E-state index contributed by atoms with van der Waals surface area (Å²) in [6.45, 7) is 5.36. The largest absolute Gasteiger partial charge is 0.488 e. The Morgan fingerprint density at radius 3 is 2.55 bits per heavy atom. The van der Waals surface area contributed by atoms with Gasteiger partial charge in [0.05, 0.1) is 17.3 Å². The summed E-state index contributed by atoms with van der Waals surface area (Å²) in [7, 11) is 0. The van der Waals surface area contributed by atoms with Gasteiger partial charge in [0, 0.05) is 35.3 Å². The van der Waals surface area contributed by atoms with Gasteiger partial charge in [-0.15, -0.1) is 0 Å². The van der Waals surface area contributed by atoms with E-state index in [0.29, 0.717) is 17.3 Å². The second kappa shape index (κ2) is 10.2. The highest BCUT2D eigenvalue weighted by atomic mass is 19.4. The van der Waals surface area contributed by atoms with Crippen molar-refractivity contribution in [2.75, 3.05) is 18.5 Å². The molecule has 0 unspecified atom stereocenters. The maximum Gasteiger partial charge on any atom is 0.405 e. The molecular weight excluding hydrogens is 503 g/mol. The van der Waals surface area contributed by atoms with E-state index in [-0.39, 0.29) is 12.4 Å². The fraction of sp³-hybridized carbons (Fsp3) is 0.320. The molecule has 38 heavy (non-hydrogen) atoms. The zero-order valence-corrected chi connectivity index (χ0v) is 21.1. The van der Waals surface area contributed by atoms with Crippen molar-refractivity contribution in [1.82, 2.24) is 29.9 Å². The molecule has 4 aromatic rings. The smallest absolute Gasteiger partial charge is 0.405 e. The zero-order chi connectivity index (χ0) is 27.7. The number of hydrogen-bond acceptors (Lipinski definition) is 8. The van der Waals surface area contributed by atoms with Crippen molar-refractivity contribution < 1.29 is 27.8 Å². The average molecular weight is 530 g/mol. The Labute approximate surface area is 215 Å². The van der Waals surface area contributed by atoms with Crippen LogP contribution in [0.3, 0.4) is 0 Å². The van der Waals surface area contributed by atoms with Gasteiger partial charge in [0.1, 0.15) is 24.7 Å². The molecule has 0 aliphatic carbocycles. The van der Waals surface area contributed by atoms with E-state index in [0.717, 1.165) is 22.3 Å². The highest BCUT2D eigenvalue weighted by Crippen LogP contribution is 2.32. The molecule has 1 amide bonds. The third-order valence-corrected chi connectivity index (χ3v) is 5.12. The summed E-state index contributed by atoms with van der Waals surface area (Å²) < 4.78 is 44.8. The standard InChI is InChI=1S/C25H26F3N7O3/c1-14-7-18(19(11-29-14)38-13-24(3,4)37)16-5-6-35-17(9-16)10-21(34-35)32-20-8-15(2)31-22(33-20)23(36)30-12-25(26,27)28/h5-11,37H,12-13H2,1-4H3,(H,30,36)(H,31,32,33,34). The molecule has 0 aliphatic rings. The van der Waals surface area contributed by atoms with Crippen molar-refractivity contribution in [1.29, 1.82) is 0 Å². The summed E-state index contributed by atoms with van der Waals surface area (Å²) in [5, 5.41) is 19.2. The number of anilines is 2. The van der Waals surface area contributed by atoms with E-state index in [2.05, 4.69) is 25.4 Å². The van der Waals surface area contributed by atoms with Crippen LogP contribution >= 0.6 is 0 Å². The normalized spacial score (nSPS) is 12.0. The molecule has 0 fully saturated rings. The molecule has 0 aromatic carbocycles. The number of aliphatic hydroxyl groups is 1. The van der Waals surface area contributed by atoms with Gasteiger partial charge in [-0.25, -0.2) is 14.5 Å². The van der Waals surface area contributed by atoms with Crippen LogP contribution in [-0.4, -0.2) is 60.5 Å². The van der Waals surface area contributed by atoms with Crippen molar-refractivity contribution in [3.8, 4) is 16.9 Å². The van der Waals surface area contributed by atoms with E-state index < -0.39 is 30.1 Å². The first-order valence-corrected chi connectivity index (χ1v) is 11.5. The summed E-state index contributed by atoms with van der Waals surface area (Å²) in [6.07, 6.45) is -1.18. The maximum absolute atomic E-state index is 12.4. The molecule has 4 aromatic heterocycles. The lowest BCUT2D eigenvalue weighted by Gasteiger charge is -2.19. The first-order valence-electron chi connectivity index (χ1n) is 11.5. The van der Waals surface area contributed by atoms with Gasteiger partial charge >= 0.3 is 6.18 Å². The van der Waals surface area contributed by atoms with Crippen LogP contribution in [-0.2, 0) is 0 Å². The molecule has 4 heterocycles. The van der Waals surface area contributed by atoms with Gasteiger partial charge in [-0.2, -0.15) is 18.3 Å². The molecule has 0 saturated heterocycles. The fourth-order valence-corrected chi connectivity index (χ4v) is 3.49. The highest BCUT2D eigenvalue weighted by Gasteiger charge is 2.28. The maximum atomic E-state index is 12.4. The summed E-state index contributed by atoms with van der Waals surface area (Å²) in [6, 6.07) is 8.92. The van der Waals surface area contributed by atoms with Crippen molar-refractivity contribution in [3.05, 3.63) is 59.9 Å². The lowest BCUT2D eigenvalue weighted by Crippen LogP contribution is -2.34. The minimum absolute atomic E-state index is 0.0856. The molecule has 3 N–H and O–H groups in total. The van der Waals surface area contributed by atoms with Gasteiger partial charge in [-0.3, -0.25) is 9.78 Å². The highest BCUT2D eigenvalue weighted by molar-refractivity contribution is 5.91. The molecule has 13 heteroatoms. The molecule has 0 radical (unpaired) electrons. The Bertz CT molecular complexity index is 1480. The number of ether oxygens (including phenoxy) is 1. The van der Waals surface area contributed by atoms with Gasteiger partial charge < -0.3 is 20.5 Å².